The topological polar surface area (TPSA) is 75.9 Å². The zero-order chi connectivity index (χ0) is 17.4. The Morgan fingerprint density at radius 3 is 2.75 bits per heavy atom. The highest BCUT2D eigenvalue weighted by molar-refractivity contribution is 5.95. The molecule has 0 bridgehead atoms. The number of nitrogens with one attached hydrogen (secondary N) is 1. The van der Waals surface area contributed by atoms with Gasteiger partial charge >= 0.3 is 0 Å². The molecular formula is C17H24N6O. The van der Waals surface area contributed by atoms with Crippen molar-refractivity contribution >= 4 is 11.6 Å². The van der Waals surface area contributed by atoms with E-state index in [2.05, 4.69) is 25.3 Å². The Morgan fingerprint density at radius 1 is 1.33 bits per heavy atom. The number of hydrogen-bond donors (Lipinski definition) is 1. The number of amides is 1. The van der Waals surface area contributed by atoms with E-state index < -0.39 is 0 Å². The van der Waals surface area contributed by atoms with Crippen molar-refractivity contribution in [2.75, 3.05) is 11.9 Å². The highest BCUT2D eigenvalue weighted by Gasteiger charge is 2.27. The van der Waals surface area contributed by atoms with Crippen LogP contribution in [0.15, 0.2) is 6.20 Å². The predicted octanol–water partition coefficient (Wildman–Crippen LogP) is 1.52. The van der Waals surface area contributed by atoms with E-state index in [1.807, 2.05) is 40.9 Å². The molecule has 2 aromatic rings. The van der Waals surface area contributed by atoms with E-state index in [1.165, 1.54) is 5.56 Å². The van der Waals surface area contributed by atoms with Crippen LogP contribution >= 0.6 is 0 Å². The second-order valence-corrected chi connectivity index (χ2v) is 6.44. The summed E-state index contributed by atoms with van der Waals surface area (Å²) < 4.78 is 1.78. The van der Waals surface area contributed by atoms with Crippen molar-refractivity contribution in [3.8, 4) is 0 Å². The number of aryl methyl sites for hydroxylation is 3. The van der Waals surface area contributed by atoms with Crippen LogP contribution in [0.4, 0.5) is 5.69 Å². The van der Waals surface area contributed by atoms with Crippen molar-refractivity contribution in [2.24, 2.45) is 7.05 Å². The van der Waals surface area contributed by atoms with Crippen LogP contribution in [-0.4, -0.2) is 43.1 Å². The standard InChI is InChI=1S/C17H24N6O/c1-10-16(11(2)22(5)21-10)20-17(24)12(3)23-7-6-14-8-18-13(4)19-15(14)9-23/h8,12H,6-7,9H2,1-5H3,(H,20,24). The first kappa shape index (κ1) is 16.6. The molecule has 24 heavy (non-hydrogen) atoms. The minimum atomic E-state index is -0.229. The van der Waals surface area contributed by atoms with E-state index in [1.54, 1.807) is 4.68 Å². The second kappa shape index (κ2) is 6.32. The van der Waals surface area contributed by atoms with Crippen molar-refractivity contribution in [1.82, 2.24) is 24.6 Å². The van der Waals surface area contributed by atoms with Crippen molar-refractivity contribution in [3.63, 3.8) is 0 Å². The molecule has 0 saturated heterocycles. The van der Waals surface area contributed by atoms with E-state index in [0.717, 1.165) is 41.6 Å². The summed E-state index contributed by atoms with van der Waals surface area (Å²) >= 11 is 0. The van der Waals surface area contributed by atoms with Gasteiger partial charge in [0.1, 0.15) is 5.82 Å². The van der Waals surface area contributed by atoms with E-state index in [9.17, 15) is 4.79 Å². The molecule has 2 aromatic heterocycles. The average molecular weight is 328 g/mol. The zero-order valence-corrected chi connectivity index (χ0v) is 14.9. The second-order valence-electron chi connectivity index (χ2n) is 6.44. The van der Waals surface area contributed by atoms with Gasteiger partial charge in [0.2, 0.25) is 5.91 Å². The first-order valence-corrected chi connectivity index (χ1v) is 8.23. The average Bonchev–Trinajstić information content (AvgIpc) is 2.79. The fraction of sp³-hybridized carbons (Fsp3) is 0.529. The number of rotatable bonds is 3. The third kappa shape index (κ3) is 3.03. The van der Waals surface area contributed by atoms with Crippen LogP contribution in [0.3, 0.4) is 0 Å². The molecule has 3 rings (SSSR count). The zero-order valence-electron chi connectivity index (χ0n) is 14.9. The van der Waals surface area contributed by atoms with Crippen LogP contribution in [0, 0.1) is 20.8 Å². The monoisotopic (exact) mass is 328 g/mol. The Kier molecular flexibility index (Phi) is 4.36. The third-order valence-corrected chi connectivity index (χ3v) is 4.78. The van der Waals surface area contributed by atoms with Crippen LogP contribution in [0.5, 0.6) is 0 Å². The van der Waals surface area contributed by atoms with E-state index in [0.29, 0.717) is 6.54 Å². The summed E-state index contributed by atoms with van der Waals surface area (Å²) in [6, 6.07) is -0.229. The van der Waals surface area contributed by atoms with Gasteiger partial charge in [-0.15, -0.1) is 0 Å². The van der Waals surface area contributed by atoms with Crippen LogP contribution in [0.2, 0.25) is 0 Å². The maximum absolute atomic E-state index is 12.7. The maximum Gasteiger partial charge on any atom is 0.241 e. The SMILES string of the molecule is Cc1ncc2c(n1)CN(C(C)C(=O)Nc1c(C)nn(C)c1C)CC2. The maximum atomic E-state index is 12.7. The molecule has 0 aliphatic carbocycles. The molecule has 0 aromatic carbocycles. The number of carbonyl (C=O) groups is 1. The summed E-state index contributed by atoms with van der Waals surface area (Å²) in [6.45, 7) is 9.21. The minimum Gasteiger partial charge on any atom is -0.322 e. The molecule has 0 radical (unpaired) electrons. The normalized spacial score (nSPS) is 15.9. The molecule has 0 spiro atoms. The molecule has 3 heterocycles. The summed E-state index contributed by atoms with van der Waals surface area (Å²) in [7, 11) is 1.88. The summed E-state index contributed by atoms with van der Waals surface area (Å²) in [6.07, 6.45) is 2.78. The number of carbonyl (C=O) groups excluding carboxylic acids is 1. The van der Waals surface area contributed by atoms with Gasteiger partial charge in [-0.1, -0.05) is 0 Å². The van der Waals surface area contributed by atoms with Gasteiger partial charge < -0.3 is 5.32 Å². The summed E-state index contributed by atoms with van der Waals surface area (Å²) in [4.78, 5) is 23.6. The molecule has 1 atom stereocenters. The van der Waals surface area contributed by atoms with Gasteiger partial charge in [-0.05, 0) is 39.7 Å². The van der Waals surface area contributed by atoms with Gasteiger partial charge in [0.15, 0.2) is 0 Å². The van der Waals surface area contributed by atoms with Crippen molar-refractivity contribution in [1.29, 1.82) is 0 Å². The Balaban J connectivity index is 1.72. The molecule has 7 nitrogen and oxygen atoms in total. The molecule has 7 heteroatoms. The Morgan fingerprint density at radius 2 is 2.08 bits per heavy atom. The number of fused-ring (bicyclic) bond motifs is 1. The van der Waals surface area contributed by atoms with Crippen LogP contribution in [0.1, 0.15) is 35.4 Å². The van der Waals surface area contributed by atoms with Crippen molar-refractivity contribution in [2.45, 2.75) is 46.7 Å². The first-order chi connectivity index (χ1) is 11.4. The van der Waals surface area contributed by atoms with E-state index in [4.69, 9.17) is 0 Å². The molecule has 1 unspecified atom stereocenters. The third-order valence-electron chi connectivity index (χ3n) is 4.78. The number of anilines is 1. The van der Waals surface area contributed by atoms with Crippen LogP contribution in [0.25, 0.3) is 0 Å². The molecule has 1 N–H and O–H groups in total. The van der Waals surface area contributed by atoms with Gasteiger partial charge in [-0.25, -0.2) is 9.97 Å². The molecule has 1 amide bonds. The summed E-state index contributed by atoms with van der Waals surface area (Å²) in [5.41, 5.74) is 4.82. The molecule has 128 valence electrons. The lowest BCUT2D eigenvalue weighted by atomic mass is 10.0. The van der Waals surface area contributed by atoms with Crippen molar-refractivity contribution in [3.05, 3.63) is 34.7 Å². The number of nitrogens with zero attached hydrogens (tertiary/aromatic N) is 5. The smallest absolute Gasteiger partial charge is 0.241 e. The molecule has 1 aliphatic rings. The Bertz CT molecular complexity index is 782. The van der Waals surface area contributed by atoms with Crippen molar-refractivity contribution < 1.29 is 4.79 Å². The summed E-state index contributed by atoms with van der Waals surface area (Å²) in [5, 5.41) is 7.38. The van der Waals surface area contributed by atoms with Gasteiger partial charge in [-0.2, -0.15) is 5.10 Å². The molecule has 1 aliphatic heterocycles. The van der Waals surface area contributed by atoms with E-state index >= 15 is 0 Å². The lowest BCUT2D eigenvalue weighted by molar-refractivity contribution is -0.121. The van der Waals surface area contributed by atoms with E-state index in [-0.39, 0.29) is 11.9 Å². The molecule has 0 fully saturated rings. The van der Waals surface area contributed by atoms with Gasteiger partial charge in [0, 0.05) is 26.3 Å². The van der Waals surface area contributed by atoms with Crippen LogP contribution in [-0.2, 0) is 24.8 Å². The Labute approximate surface area is 142 Å². The highest BCUT2D eigenvalue weighted by atomic mass is 16.2. The fourth-order valence-electron chi connectivity index (χ4n) is 3.10. The first-order valence-electron chi connectivity index (χ1n) is 8.23. The number of aromatic nitrogens is 4. The largest absolute Gasteiger partial charge is 0.322 e. The predicted molar refractivity (Wildman–Crippen MR) is 91.7 cm³/mol. The fourth-order valence-corrected chi connectivity index (χ4v) is 3.10. The Hall–Kier alpha value is -2.28. The molecule has 0 saturated carbocycles. The van der Waals surface area contributed by atoms with Gasteiger partial charge in [0.05, 0.1) is 28.8 Å². The lowest BCUT2D eigenvalue weighted by Gasteiger charge is -2.32. The minimum absolute atomic E-state index is 0.0107. The number of hydrogen-bond acceptors (Lipinski definition) is 5. The molecular weight excluding hydrogens is 304 g/mol. The van der Waals surface area contributed by atoms with Gasteiger partial charge in [-0.3, -0.25) is 14.4 Å². The quantitative estimate of drug-likeness (QED) is 0.924. The van der Waals surface area contributed by atoms with Gasteiger partial charge in [0.25, 0.3) is 0 Å². The summed E-state index contributed by atoms with van der Waals surface area (Å²) in [5.74, 6) is 0.762. The highest BCUT2D eigenvalue weighted by Crippen LogP contribution is 2.21. The lowest BCUT2D eigenvalue weighted by Crippen LogP contribution is -2.45. The van der Waals surface area contributed by atoms with Crippen LogP contribution < -0.4 is 5.32 Å².